The van der Waals surface area contributed by atoms with Gasteiger partial charge in [0.1, 0.15) is 23.3 Å². The number of rotatable bonds is 4. The van der Waals surface area contributed by atoms with Crippen LogP contribution in [0.25, 0.3) is 23.0 Å². The van der Waals surface area contributed by atoms with Gasteiger partial charge in [0.15, 0.2) is 0 Å². The Morgan fingerprint density at radius 1 is 1.17 bits per heavy atom. The highest BCUT2D eigenvalue weighted by molar-refractivity contribution is 5.87. The zero-order valence-electron chi connectivity index (χ0n) is 11.8. The normalized spacial score (nSPS) is 11.2. The van der Waals surface area contributed by atoms with E-state index in [-0.39, 0.29) is 5.69 Å². The molecule has 2 heterocycles. The van der Waals surface area contributed by atoms with Gasteiger partial charge >= 0.3 is 0 Å². The van der Waals surface area contributed by atoms with E-state index < -0.39 is 4.92 Å². The van der Waals surface area contributed by atoms with Crippen LogP contribution in [0.2, 0.25) is 0 Å². The van der Waals surface area contributed by atoms with E-state index in [2.05, 4.69) is 0 Å². The van der Waals surface area contributed by atoms with Gasteiger partial charge in [0, 0.05) is 12.1 Å². The third-order valence-corrected chi connectivity index (χ3v) is 3.19. The topological polar surface area (TPSA) is 93.2 Å². The molecule has 6 nitrogen and oxygen atoms in total. The van der Waals surface area contributed by atoms with Crippen LogP contribution >= 0.6 is 0 Å². The standard InChI is InChI=1S/C17H10N2O4/c18-11-12(16-6-3-9-22-16)10-13-7-8-17(23-13)14-4-1-2-5-15(14)19(20)21/h1-10H/b12-10+. The third kappa shape index (κ3) is 2.89. The Bertz CT molecular complexity index is 914. The van der Waals surface area contributed by atoms with Crippen molar-refractivity contribution in [3.8, 4) is 17.4 Å². The van der Waals surface area contributed by atoms with Gasteiger partial charge in [0.05, 0.1) is 22.3 Å². The average Bonchev–Trinajstić information content (AvgIpc) is 3.24. The van der Waals surface area contributed by atoms with E-state index in [9.17, 15) is 15.4 Å². The maximum Gasteiger partial charge on any atom is 0.280 e. The molecule has 3 aromatic rings. The molecule has 0 unspecified atom stereocenters. The second-order valence-corrected chi connectivity index (χ2v) is 4.62. The number of nitrogens with zero attached hydrogens (tertiary/aromatic N) is 2. The van der Waals surface area contributed by atoms with Gasteiger partial charge in [0.25, 0.3) is 5.69 Å². The molecule has 0 fully saturated rings. The van der Waals surface area contributed by atoms with Crippen LogP contribution in [0.3, 0.4) is 0 Å². The quantitative estimate of drug-likeness (QED) is 0.401. The molecule has 0 spiro atoms. The Hall–Kier alpha value is -3.59. The Balaban J connectivity index is 1.99. The molecule has 112 valence electrons. The molecule has 0 saturated carbocycles. The molecule has 3 rings (SSSR count). The van der Waals surface area contributed by atoms with Gasteiger partial charge in [-0.05, 0) is 30.3 Å². The van der Waals surface area contributed by atoms with Crippen LogP contribution in [0, 0.1) is 21.4 Å². The molecular formula is C17H10N2O4. The number of nitriles is 1. The first kappa shape index (κ1) is 14.4. The second kappa shape index (κ2) is 6.03. The van der Waals surface area contributed by atoms with Gasteiger partial charge in [-0.2, -0.15) is 5.26 Å². The lowest BCUT2D eigenvalue weighted by Crippen LogP contribution is -1.90. The molecule has 0 aliphatic heterocycles. The molecule has 1 aromatic carbocycles. The summed E-state index contributed by atoms with van der Waals surface area (Å²) in [5, 5.41) is 20.3. The molecule has 0 aliphatic carbocycles. The summed E-state index contributed by atoms with van der Waals surface area (Å²) in [6.45, 7) is 0. The van der Waals surface area contributed by atoms with E-state index in [4.69, 9.17) is 8.83 Å². The largest absolute Gasteiger partial charge is 0.464 e. The van der Waals surface area contributed by atoms with Crippen LogP contribution in [-0.2, 0) is 0 Å². The van der Waals surface area contributed by atoms with Gasteiger partial charge in [0.2, 0.25) is 0 Å². The summed E-state index contributed by atoms with van der Waals surface area (Å²) in [6, 6.07) is 15.0. The third-order valence-electron chi connectivity index (χ3n) is 3.19. The van der Waals surface area contributed by atoms with Crippen LogP contribution in [0.1, 0.15) is 11.5 Å². The molecule has 0 atom stereocenters. The van der Waals surface area contributed by atoms with E-state index in [1.165, 1.54) is 18.4 Å². The second-order valence-electron chi connectivity index (χ2n) is 4.62. The van der Waals surface area contributed by atoms with Crippen molar-refractivity contribution in [1.29, 1.82) is 5.26 Å². The molecule has 0 amide bonds. The van der Waals surface area contributed by atoms with Gasteiger partial charge in [-0.15, -0.1) is 0 Å². The number of benzene rings is 1. The van der Waals surface area contributed by atoms with Gasteiger partial charge in [-0.1, -0.05) is 12.1 Å². The van der Waals surface area contributed by atoms with Crippen LogP contribution < -0.4 is 0 Å². The summed E-state index contributed by atoms with van der Waals surface area (Å²) < 4.78 is 10.8. The number of furan rings is 2. The number of hydrogen-bond acceptors (Lipinski definition) is 5. The van der Waals surface area contributed by atoms with Crippen molar-refractivity contribution in [2.24, 2.45) is 0 Å². The van der Waals surface area contributed by atoms with Crippen LogP contribution in [0.4, 0.5) is 5.69 Å². The van der Waals surface area contributed by atoms with Gasteiger partial charge in [-0.25, -0.2) is 0 Å². The summed E-state index contributed by atoms with van der Waals surface area (Å²) >= 11 is 0. The molecule has 6 heteroatoms. The van der Waals surface area contributed by atoms with Crippen molar-refractivity contribution < 1.29 is 13.8 Å². The fourth-order valence-electron chi connectivity index (χ4n) is 2.15. The summed E-state index contributed by atoms with van der Waals surface area (Å²) in [6.07, 6.45) is 3.00. The molecular weight excluding hydrogens is 296 g/mol. The van der Waals surface area contributed by atoms with Crippen LogP contribution in [0.5, 0.6) is 0 Å². The van der Waals surface area contributed by atoms with E-state index in [1.807, 2.05) is 6.07 Å². The molecule has 0 bridgehead atoms. The van der Waals surface area contributed by atoms with E-state index >= 15 is 0 Å². The van der Waals surface area contributed by atoms with Gasteiger partial charge < -0.3 is 8.83 Å². The number of allylic oxidation sites excluding steroid dienone is 1. The summed E-state index contributed by atoms with van der Waals surface area (Å²) in [4.78, 5) is 10.6. The van der Waals surface area contributed by atoms with Crippen LogP contribution in [0.15, 0.2) is 63.6 Å². The molecule has 0 radical (unpaired) electrons. The summed E-state index contributed by atoms with van der Waals surface area (Å²) in [5.74, 6) is 1.20. The Labute approximate surface area is 131 Å². The average molecular weight is 306 g/mol. The highest BCUT2D eigenvalue weighted by atomic mass is 16.6. The molecule has 23 heavy (non-hydrogen) atoms. The van der Waals surface area contributed by atoms with Gasteiger partial charge in [-0.3, -0.25) is 10.1 Å². The Morgan fingerprint density at radius 2 is 2.00 bits per heavy atom. The van der Waals surface area contributed by atoms with E-state index in [1.54, 1.807) is 42.5 Å². The number of para-hydroxylation sites is 1. The van der Waals surface area contributed by atoms with Crippen molar-refractivity contribution in [1.82, 2.24) is 0 Å². The first-order valence-corrected chi connectivity index (χ1v) is 6.68. The zero-order valence-corrected chi connectivity index (χ0v) is 11.8. The monoisotopic (exact) mass is 306 g/mol. The highest BCUT2D eigenvalue weighted by Gasteiger charge is 2.17. The number of nitro groups is 1. The van der Waals surface area contributed by atoms with Crippen molar-refractivity contribution in [3.63, 3.8) is 0 Å². The highest BCUT2D eigenvalue weighted by Crippen LogP contribution is 2.31. The fraction of sp³-hybridized carbons (Fsp3) is 0. The Morgan fingerprint density at radius 3 is 2.70 bits per heavy atom. The molecule has 2 aromatic heterocycles. The first-order valence-electron chi connectivity index (χ1n) is 6.68. The van der Waals surface area contributed by atoms with Crippen molar-refractivity contribution in [2.45, 2.75) is 0 Å². The number of hydrogen-bond donors (Lipinski definition) is 0. The smallest absolute Gasteiger partial charge is 0.280 e. The molecule has 0 saturated heterocycles. The lowest BCUT2D eigenvalue weighted by molar-refractivity contribution is -0.384. The minimum atomic E-state index is -0.461. The summed E-state index contributed by atoms with van der Waals surface area (Å²) in [5.41, 5.74) is 0.649. The minimum Gasteiger partial charge on any atom is -0.464 e. The van der Waals surface area contributed by atoms with Crippen molar-refractivity contribution in [2.75, 3.05) is 0 Å². The maximum absolute atomic E-state index is 11.1. The summed E-state index contributed by atoms with van der Waals surface area (Å²) in [7, 11) is 0. The predicted molar refractivity (Wildman–Crippen MR) is 83.0 cm³/mol. The Kier molecular flexibility index (Phi) is 3.77. The first-order chi connectivity index (χ1) is 11.2. The fourth-order valence-corrected chi connectivity index (χ4v) is 2.15. The maximum atomic E-state index is 11.1. The number of nitro benzene ring substituents is 1. The minimum absolute atomic E-state index is 0.0380. The van der Waals surface area contributed by atoms with Crippen molar-refractivity contribution >= 4 is 17.3 Å². The SMILES string of the molecule is N#C/C(=C\c1ccc(-c2ccccc2[N+](=O)[O-])o1)c1ccco1. The lowest BCUT2D eigenvalue weighted by Gasteiger charge is -1.98. The zero-order chi connectivity index (χ0) is 16.2. The van der Waals surface area contributed by atoms with Crippen LogP contribution in [-0.4, -0.2) is 4.92 Å². The molecule has 0 aliphatic rings. The lowest BCUT2D eigenvalue weighted by atomic mass is 10.1. The predicted octanol–water partition coefficient (Wildman–Crippen LogP) is 4.51. The van der Waals surface area contributed by atoms with Crippen molar-refractivity contribution in [3.05, 3.63) is 76.4 Å². The van der Waals surface area contributed by atoms with E-state index in [0.717, 1.165) is 0 Å². The van der Waals surface area contributed by atoms with E-state index in [0.29, 0.717) is 28.4 Å². The molecule has 0 N–H and O–H groups in total.